The van der Waals surface area contributed by atoms with Crippen LogP contribution in [-0.2, 0) is 4.74 Å². The largest absolute Gasteiger partial charge is 0.494 e. The lowest BCUT2D eigenvalue weighted by atomic mass is 10.2. The molecule has 0 aliphatic rings. The zero-order valence-corrected chi connectivity index (χ0v) is 10.1. The van der Waals surface area contributed by atoms with Gasteiger partial charge in [-0.2, -0.15) is 0 Å². The average molecular weight is 223 g/mol. The summed E-state index contributed by atoms with van der Waals surface area (Å²) >= 11 is 0. The molecule has 0 aliphatic heterocycles. The lowest BCUT2D eigenvalue weighted by Crippen LogP contribution is -2.30. The third-order valence-electron chi connectivity index (χ3n) is 2.48. The third-order valence-corrected chi connectivity index (χ3v) is 2.48. The second-order valence-electron chi connectivity index (χ2n) is 3.74. The fraction of sp³-hybridized carbons (Fsp3) is 0.538. The van der Waals surface area contributed by atoms with Gasteiger partial charge in [-0.15, -0.1) is 0 Å². The molecule has 0 radical (unpaired) electrons. The lowest BCUT2D eigenvalue weighted by molar-refractivity contribution is 0.161. The van der Waals surface area contributed by atoms with Crippen LogP contribution in [0.1, 0.15) is 12.8 Å². The molecule has 0 amide bonds. The molecule has 1 aromatic rings. The molecule has 0 saturated heterocycles. The number of methoxy groups -OCH3 is 1. The minimum Gasteiger partial charge on any atom is -0.494 e. The molecule has 0 fully saturated rings. The van der Waals surface area contributed by atoms with Crippen LogP contribution in [0.25, 0.3) is 0 Å². The topological polar surface area (TPSA) is 30.5 Å². The molecule has 0 aromatic heterocycles. The maximum Gasteiger partial charge on any atom is 0.119 e. The highest BCUT2D eigenvalue weighted by Gasteiger charge is 2.04. The van der Waals surface area contributed by atoms with Crippen molar-refractivity contribution in [1.29, 1.82) is 0 Å². The van der Waals surface area contributed by atoms with Crippen molar-refractivity contribution in [2.24, 2.45) is 0 Å². The summed E-state index contributed by atoms with van der Waals surface area (Å²) in [6, 6.07) is 10.3. The van der Waals surface area contributed by atoms with Crippen molar-refractivity contribution in [2.45, 2.75) is 18.9 Å². The second-order valence-corrected chi connectivity index (χ2v) is 3.74. The minimum atomic E-state index is 0.421. The highest BCUT2D eigenvalue weighted by Crippen LogP contribution is 2.09. The summed E-state index contributed by atoms with van der Waals surface area (Å²) in [6.07, 6.45) is 2.10. The van der Waals surface area contributed by atoms with Crippen LogP contribution in [0.4, 0.5) is 0 Å². The Morgan fingerprint density at radius 2 is 2.00 bits per heavy atom. The molecule has 0 saturated carbocycles. The number of hydrogen-bond acceptors (Lipinski definition) is 3. The summed E-state index contributed by atoms with van der Waals surface area (Å²) < 4.78 is 10.7. The van der Waals surface area contributed by atoms with Gasteiger partial charge in [0.25, 0.3) is 0 Å². The van der Waals surface area contributed by atoms with Gasteiger partial charge in [-0.25, -0.2) is 0 Å². The standard InChI is InChI=1S/C13H21NO2/c1-14-12(11-15-2)7-6-10-16-13-8-4-3-5-9-13/h3-5,8-9,12,14H,6-7,10-11H2,1-2H3. The molecule has 16 heavy (non-hydrogen) atoms. The van der Waals surface area contributed by atoms with Crippen molar-refractivity contribution in [2.75, 3.05) is 27.4 Å². The van der Waals surface area contributed by atoms with Crippen LogP contribution in [-0.4, -0.2) is 33.4 Å². The molecule has 1 atom stereocenters. The Bertz CT molecular complexity index is 264. The molecule has 3 heteroatoms. The Balaban J connectivity index is 2.11. The smallest absolute Gasteiger partial charge is 0.119 e. The Kier molecular flexibility index (Phi) is 6.61. The predicted molar refractivity (Wildman–Crippen MR) is 65.9 cm³/mol. The van der Waals surface area contributed by atoms with E-state index >= 15 is 0 Å². The van der Waals surface area contributed by atoms with E-state index in [9.17, 15) is 0 Å². The van der Waals surface area contributed by atoms with Gasteiger partial charge in [0, 0.05) is 13.2 Å². The van der Waals surface area contributed by atoms with Crippen molar-refractivity contribution < 1.29 is 9.47 Å². The number of hydrogen-bond donors (Lipinski definition) is 1. The van der Waals surface area contributed by atoms with Crippen molar-refractivity contribution in [1.82, 2.24) is 5.32 Å². The molecule has 1 rings (SSSR count). The first-order chi connectivity index (χ1) is 7.86. The maximum atomic E-state index is 5.61. The van der Waals surface area contributed by atoms with Crippen LogP contribution in [0.5, 0.6) is 5.75 Å². The molecule has 1 unspecified atom stereocenters. The van der Waals surface area contributed by atoms with Crippen LogP contribution in [0.15, 0.2) is 30.3 Å². The van der Waals surface area contributed by atoms with Gasteiger partial charge in [0.1, 0.15) is 5.75 Å². The first-order valence-electron chi connectivity index (χ1n) is 5.71. The monoisotopic (exact) mass is 223 g/mol. The number of likely N-dealkylation sites (N-methyl/N-ethyl adjacent to an activating group) is 1. The summed E-state index contributed by atoms with van der Waals surface area (Å²) in [5, 5.41) is 3.22. The first kappa shape index (κ1) is 13.0. The molecule has 90 valence electrons. The highest BCUT2D eigenvalue weighted by molar-refractivity contribution is 5.20. The SMILES string of the molecule is CNC(CCCOc1ccccc1)COC. The normalized spacial score (nSPS) is 12.4. The number of nitrogens with one attached hydrogen (secondary N) is 1. The van der Waals surface area contributed by atoms with Crippen molar-refractivity contribution >= 4 is 0 Å². The van der Waals surface area contributed by atoms with E-state index in [1.165, 1.54) is 0 Å². The summed E-state index contributed by atoms with van der Waals surface area (Å²) in [4.78, 5) is 0. The molecular weight excluding hydrogens is 202 g/mol. The fourth-order valence-corrected chi connectivity index (χ4v) is 1.55. The highest BCUT2D eigenvalue weighted by atomic mass is 16.5. The number of rotatable bonds is 8. The van der Waals surface area contributed by atoms with Crippen molar-refractivity contribution in [3.05, 3.63) is 30.3 Å². The number of benzene rings is 1. The fourth-order valence-electron chi connectivity index (χ4n) is 1.55. The molecule has 1 aromatic carbocycles. The van der Waals surface area contributed by atoms with Crippen LogP contribution < -0.4 is 10.1 Å². The molecule has 1 N–H and O–H groups in total. The van der Waals surface area contributed by atoms with Crippen LogP contribution in [0.3, 0.4) is 0 Å². The molecule has 0 aliphatic carbocycles. The van der Waals surface area contributed by atoms with Crippen molar-refractivity contribution in [3.8, 4) is 5.75 Å². The lowest BCUT2D eigenvalue weighted by Gasteiger charge is -2.14. The maximum absolute atomic E-state index is 5.61. The van der Waals surface area contributed by atoms with E-state index in [1.54, 1.807) is 7.11 Å². The van der Waals surface area contributed by atoms with Crippen LogP contribution in [0.2, 0.25) is 0 Å². The first-order valence-corrected chi connectivity index (χ1v) is 5.71. The van der Waals surface area contributed by atoms with Gasteiger partial charge in [0.05, 0.1) is 13.2 Å². The minimum absolute atomic E-state index is 0.421. The molecule has 0 heterocycles. The van der Waals surface area contributed by atoms with Crippen LogP contribution >= 0.6 is 0 Å². The van der Waals surface area contributed by atoms with E-state index in [0.29, 0.717) is 6.04 Å². The number of para-hydroxylation sites is 1. The Morgan fingerprint density at radius 1 is 1.25 bits per heavy atom. The summed E-state index contributed by atoms with van der Waals surface area (Å²) in [6.45, 7) is 1.51. The van der Waals surface area contributed by atoms with Gasteiger partial charge >= 0.3 is 0 Å². The van der Waals surface area contributed by atoms with E-state index in [-0.39, 0.29) is 0 Å². The van der Waals surface area contributed by atoms with Gasteiger partial charge < -0.3 is 14.8 Å². The Labute approximate surface area is 97.8 Å². The second kappa shape index (κ2) is 8.13. The Hall–Kier alpha value is -1.06. The van der Waals surface area contributed by atoms with Gasteiger partial charge in [-0.3, -0.25) is 0 Å². The van der Waals surface area contributed by atoms with E-state index in [4.69, 9.17) is 9.47 Å². The van der Waals surface area contributed by atoms with Gasteiger partial charge in [0.2, 0.25) is 0 Å². The van der Waals surface area contributed by atoms with Gasteiger partial charge in [-0.05, 0) is 32.0 Å². The molecule has 0 bridgehead atoms. The van der Waals surface area contributed by atoms with Crippen LogP contribution in [0, 0.1) is 0 Å². The molecular formula is C13H21NO2. The number of ether oxygens (including phenoxy) is 2. The van der Waals surface area contributed by atoms with E-state index in [1.807, 2.05) is 37.4 Å². The summed E-state index contributed by atoms with van der Waals surface area (Å²) in [5.41, 5.74) is 0. The molecule has 0 spiro atoms. The predicted octanol–water partition coefficient (Wildman–Crippen LogP) is 2.08. The summed E-state index contributed by atoms with van der Waals surface area (Å²) in [7, 11) is 3.69. The van der Waals surface area contributed by atoms with E-state index in [0.717, 1.165) is 31.8 Å². The summed E-state index contributed by atoms with van der Waals surface area (Å²) in [5.74, 6) is 0.940. The zero-order valence-electron chi connectivity index (χ0n) is 10.1. The van der Waals surface area contributed by atoms with Gasteiger partial charge in [-0.1, -0.05) is 18.2 Å². The van der Waals surface area contributed by atoms with E-state index < -0.39 is 0 Å². The van der Waals surface area contributed by atoms with Gasteiger partial charge in [0.15, 0.2) is 0 Å². The zero-order chi connectivity index (χ0) is 11.6. The quantitative estimate of drug-likeness (QED) is 0.684. The molecule has 3 nitrogen and oxygen atoms in total. The van der Waals surface area contributed by atoms with E-state index in [2.05, 4.69) is 5.32 Å². The average Bonchev–Trinajstić information content (AvgIpc) is 2.34. The third kappa shape index (κ3) is 5.14. The van der Waals surface area contributed by atoms with Crippen molar-refractivity contribution in [3.63, 3.8) is 0 Å². The Morgan fingerprint density at radius 3 is 2.62 bits per heavy atom.